The minimum atomic E-state index is -0.394. The Hall–Kier alpha value is -3.53. The molecule has 0 unspecified atom stereocenters. The number of primary amides is 1. The number of hydrogen-bond donors (Lipinski definition) is 2. The van der Waals surface area contributed by atoms with Gasteiger partial charge < -0.3 is 20.5 Å². The van der Waals surface area contributed by atoms with E-state index in [1.54, 1.807) is 18.4 Å². The number of nitrogens with zero attached hydrogens (tertiary/aromatic N) is 3. The van der Waals surface area contributed by atoms with Crippen molar-refractivity contribution in [2.75, 3.05) is 38.7 Å². The SMILES string of the molecule is COc1cc(-c2csc3cnc(Nc4ccc(CN5CCOCC5)cc4)nc23)ccc1CC(N)=O. The van der Waals surface area contributed by atoms with Gasteiger partial charge in [-0.15, -0.1) is 11.3 Å². The number of thiophene rings is 1. The fourth-order valence-corrected chi connectivity index (χ4v) is 5.05. The highest BCUT2D eigenvalue weighted by molar-refractivity contribution is 7.17. The number of rotatable bonds is 8. The molecule has 0 bridgehead atoms. The van der Waals surface area contributed by atoms with Gasteiger partial charge in [0.25, 0.3) is 0 Å². The molecule has 0 saturated carbocycles. The molecule has 3 N–H and O–H groups in total. The van der Waals surface area contributed by atoms with Crippen molar-refractivity contribution in [2.24, 2.45) is 5.73 Å². The summed E-state index contributed by atoms with van der Waals surface area (Å²) in [5.41, 5.74) is 11.1. The Kier molecular flexibility index (Phi) is 6.89. The van der Waals surface area contributed by atoms with Gasteiger partial charge in [-0.05, 0) is 29.3 Å². The standard InChI is InChI=1S/C26H27N5O3S/c1-33-22-12-18(4-5-19(22)13-24(27)32)21-16-35-23-14-28-26(30-25(21)23)29-20-6-2-17(3-7-20)15-31-8-10-34-11-9-31/h2-7,12,14,16H,8-11,13,15H2,1H3,(H2,27,32)(H,28,29,30). The third-order valence-electron chi connectivity index (χ3n) is 6.00. The fraction of sp³-hybridized carbons (Fsp3) is 0.269. The quantitative estimate of drug-likeness (QED) is 0.386. The largest absolute Gasteiger partial charge is 0.496 e. The summed E-state index contributed by atoms with van der Waals surface area (Å²) in [4.78, 5) is 23.1. The molecule has 0 radical (unpaired) electrons. The zero-order chi connectivity index (χ0) is 24.2. The number of benzene rings is 2. The van der Waals surface area contributed by atoms with Crippen LogP contribution in [0.1, 0.15) is 11.1 Å². The number of carbonyl (C=O) groups is 1. The second-order valence-corrected chi connectivity index (χ2v) is 9.35. The molecule has 1 aliphatic rings. The molecule has 0 spiro atoms. The lowest BCUT2D eigenvalue weighted by molar-refractivity contribution is -0.117. The van der Waals surface area contributed by atoms with E-state index < -0.39 is 5.91 Å². The molecular weight excluding hydrogens is 462 g/mol. The first-order valence-corrected chi connectivity index (χ1v) is 12.3. The van der Waals surface area contributed by atoms with Crippen LogP contribution in [-0.4, -0.2) is 54.2 Å². The Morgan fingerprint density at radius 3 is 2.74 bits per heavy atom. The van der Waals surface area contributed by atoms with Crippen molar-refractivity contribution in [3.63, 3.8) is 0 Å². The van der Waals surface area contributed by atoms with Crippen LogP contribution < -0.4 is 15.8 Å². The van der Waals surface area contributed by atoms with Crippen molar-refractivity contribution < 1.29 is 14.3 Å². The molecule has 2 aromatic carbocycles. The van der Waals surface area contributed by atoms with Crippen LogP contribution in [0.25, 0.3) is 21.3 Å². The summed E-state index contributed by atoms with van der Waals surface area (Å²) in [5, 5.41) is 5.38. The molecule has 9 heteroatoms. The summed E-state index contributed by atoms with van der Waals surface area (Å²) in [6.45, 7) is 4.46. The van der Waals surface area contributed by atoms with Crippen LogP contribution >= 0.6 is 11.3 Å². The van der Waals surface area contributed by atoms with E-state index in [2.05, 4.69) is 44.8 Å². The Bertz CT molecular complexity index is 1330. The number of amides is 1. The third kappa shape index (κ3) is 5.43. The molecule has 1 fully saturated rings. The Morgan fingerprint density at radius 2 is 2.00 bits per heavy atom. The smallest absolute Gasteiger partial charge is 0.227 e. The fourth-order valence-electron chi connectivity index (χ4n) is 4.18. The maximum Gasteiger partial charge on any atom is 0.227 e. The van der Waals surface area contributed by atoms with E-state index in [1.165, 1.54) is 5.56 Å². The molecule has 4 aromatic rings. The molecule has 180 valence electrons. The van der Waals surface area contributed by atoms with Crippen LogP contribution in [-0.2, 0) is 22.5 Å². The number of anilines is 2. The Labute approximate surface area is 207 Å². The van der Waals surface area contributed by atoms with E-state index in [-0.39, 0.29) is 6.42 Å². The number of ether oxygens (including phenoxy) is 2. The van der Waals surface area contributed by atoms with Gasteiger partial charge in [-0.25, -0.2) is 9.97 Å². The number of morpholine rings is 1. The predicted octanol–water partition coefficient (Wildman–Crippen LogP) is 3.97. The number of methoxy groups -OCH3 is 1. The summed E-state index contributed by atoms with van der Waals surface area (Å²) in [6.07, 6.45) is 1.97. The zero-order valence-corrected chi connectivity index (χ0v) is 20.3. The van der Waals surface area contributed by atoms with E-state index in [0.29, 0.717) is 11.7 Å². The second kappa shape index (κ2) is 10.4. The van der Waals surface area contributed by atoms with Crippen molar-refractivity contribution in [2.45, 2.75) is 13.0 Å². The molecular formula is C26H27N5O3S. The molecule has 8 nitrogen and oxygen atoms in total. The number of carbonyl (C=O) groups excluding carboxylic acids is 1. The van der Waals surface area contributed by atoms with Gasteiger partial charge in [0.2, 0.25) is 11.9 Å². The molecule has 5 rings (SSSR count). The third-order valence-corrected chi connectivity index (χ3v) is 6.90. The first kappa shape index (κ1) is 23.2. The van der Waals surface area contributed by atoms with Crippen LogP contribution in [0.5, 0.6) is 5.75 Å². The first-order chi connectivity index (χ1) is 17.1. The molecule has 1 saturated heterocycles. The molecule has 2 aromatic heterocycles. The average Bonchev–Trinajstić information content (AvgIpc) is 3.29. The van der Waals surface area contributed by atoms with E-state index in [0.717, 1.165) is 65.4 Å². The summed E-state index contributed by atoms with van der Waals surface area (Å²) >= 11 is 1.59. The number of fused-ring (bicyclic) bond motifs is 1. The molecule has 1 aliphatic heterocycles. The number of nitrogens with one attached hydrogen (secondary N) is 1. The van der Waals surface area contributed by atoms with Crippen molar-refractivity contribution in [1.82, 2.24) is 14.9 Å². The van der Waals surface area contributed by atoms with E-state index in [4.69, 9.17) is 20.2 Å². The molecule has 35 heavy (non-hydrogen) atoms. The normalized spacial score (nSPS) is 14.2. The minimum absolute atomic E-state index is 0.134. The van der Waals surface area contributed by atoms with Gasteiger partial charge >= 0.3 is 0 Å². The van der Waals surface area contributed by atoms with Crippen molar-refractivity contribution >= 4 is 39.1 Å². The molecule has 1 amide bonds. The Morgan fingerprint density at radius 1 is 1.20 bits per heavy atom. The lowest BCUT2D eigenvalue weighted by Crippen LogP contribution is -2.35. The highest BCUT2D eigenvalue weighted by Gasteiger charge is 2.14. The predicted molar refractivity (Wildman–Crippen MR) is 138 cm³/mol. The minimum Gasteiger partial charge on any atom is -0.496 e. The maximum absolute atomic E-state index is 11.4. The summed E-state index contributed by atoms with van der Waals surface area (Å²) in [7, 11) is 1.59. The van der Waals surface area contributed by atoms with Crippen LogP contribution in [0, 0.1) is 0 Å². The van der Waals surface area contributed by atoms with Gasteiger partial charge in [-0.1, -0.05) is 24.3 Å². The maximum atomic E-state index is 11.4. The van der Waals surface area contributed by atoms with Crippen LogP contribution in [0.4, 0.5) is 11.6 Å². The highest BCUT2D eigenvalue weighted by atomic mass is 32.1. The monoisotopic (exact) mass is 489 g/mol. The van der Waals surface area contributed by atoms with Gasteiger partial charge in [0.15, 0.2) is 0 Å². The van der Waals surface area contributed by atoms with E-state index in [9.17, 15) is 4.79 Å². The van der Waals surface area contributed by atoms with Gasteiger partial charge in [0.05, 0.1) is 43.2 Å². The van der Waals surface area contributed by atoms with Crippen molar-refractivity contribution in [3.8, 4) is 16.9 Å². The van der Waals surface area contributed by atoms with Gasteiger partial charge in [-0.3, -0.25) is 9.69 Å². The Balaban J connectivity index is 1.35. The number of aromatic nitrogens is 2. The summed E-state index contributed by atoms with van der Waals surface area (Å²) in [6, 6.07) is 14.1. The van der Waals surface area contributed by atoms with Gasteiger partial charge in [0.1, 0.15) is 5.75 Å². The van der Waals surface area contributed by atoms with Gasteiger partial charge in [0, 0.05) is 41.8 Å². The topological polar surface area (TPSA) is 103 Å². The molecule has 3 heterocycles. The van der Waals surface area contributed by atoms with Crippen LogP contribution in [0.3, 0.4) is 0 Å². The lowest BCUT2D eigenvalue weighted by Gasteiger charge is -2.26. The number of hydrogen-bond acceptors (Lipinski definition) is 8. The second-order valence-electron chi connectivity index (χ2n) is 8.44. The van der Waals surface area contributed by atoms with Crippen molar-refractivity contribution in [3.05, 3.63) is 65.2 Å². The summed E-state index contributed by atoms with van der Waals surface area (Å²) in [5.74, 6) is 0.773. The first-order valence-electron chi connectivity index (χ1n) is 11.4. The van der Waals surface area contributed by atoms with Crippen molar-refractivity contribution in [1.29, 1.82) is 0 Å². The van der Waals surface area contributed by atoms with Crippen LogP contribution in [0.2, 0.25) is 0 Å². The lowest BCUT2D eigenvalue weighted by atomic mass is 10.0. The number of nitrogens with two attached hydrogens (primary N) is 1. The highest BCUT2D eigenvalue weighted by Crippen LogP contribution is 2.35. The van der Waals surface area contributed by atoms with Crippen LogP contribution in [0.15, 0.2) is 54.0 Å². The average molecular weight is 490 g/mol. The van der Waals surface area contributed by atoms with E-state index >= 15 is 0 Å². The van der Waals surface area contributed by atoms with E-state index in [1.807, 2.05) is 24.4 Å². The van der Waals surface area contributed by atoms with Gasteiger partial charge in [-0.2, -0.15) is 0 Å². The summed E-state index contributed by atoms with van der Waals surface area (Å²) < 4.78 is 11.9. The zero-order valence-electron chi connectivity index (χ0n) is 19.5. The molecule has 0 atom stereocenters. The molecule has 0 aliphatic carbocycles.